The molecule has 0 aliphatic heterocycles. The fourth-order valence-corrected chi connectivity index (χ4v) is 4.27. The maximum Gasteiger partial charge on any atom is 0.243 e. The standard InChI is InChI=1S/C16H24N2O2S/c1-5-15(6-2)18(12-13(3)4)21(19,20)16-9-7-14(11-17)8-10-16/h7-10,13,15H,5-6,12H2,1-4H3. The molecule has 0 aliphatic carbocycles. The minimum Gasteiger partial charge on any atom is -0.207 e. The largest absolute Gasteiger partial charge is 0.243 e. The molecule has 21 heavy (non-hydrogen) atoms. The van der Waals surface area contributed by atoms with Crippen LogP contribution >= 0.6 is 0 Å². The lowest BCUT2D eigenvalue weighted by Gasteiger charge is -2.31. The van der Waals surface area contributed by atoms with Crippen LogP contribution in [0.5, 0.6) is 0 Å². The molecule has 4 nitrogen and oxygen atoms in total. The molecule has 0 saturated heterocycles. The highest BCUT2D eigenvalue weighted by molar-refractivity contribution is 7.89. The van der Waals surface area contributed by atoms with Crippen molar-refractivity contribution in [1.29, 1.82) is 5.26 Å². The van der Waals surface area contributed by atoms with E-state index in [1.165, 1.54) is 12.1 Å². The van der Waals surface area contributed by atoms with Gasteiger partial charge in [0.25, 0.3) is 0 Å². The molecule has 1 aromatic rings. The topological polar surface area (TPSA) is 61.2 Å². The molecule has 0 unspecified atom stereocenters. The van der Waals surface area contributed by atoms with Crippen molar-refractivity contribution in [3.05, 3.63) is 29.8 Å². The second-order valence-electron chi connectivity index (χ2n) is 5.58. The summed E-state index contributed by atoms with van der Waals surface area (Å²) in [5.74, 6) is 0.263. The van der Waals surface area contributed by atoms with Crippen molar-refractivity contribution in [2.45, 2.75) is 51.5 Å². The summed E-state index contributed by atoms with van der Waals surface area (Å²) >= 11 is 0. The van der Waals surface area contributed by atoms with Gasteiger partial charge in [0.2, 0.25) is 10.0 Å². The van der Waals surface area contributed by atoms with E-state index in [4.69, 9.17) is 5.26 Å². The van der Waals surface area contributed by atoms with Crippen molar-refractivity contribution in [2.24, 2.45) is 5.92 Å². The third-order valence-corrected chi connectivity index (χ3v) is 5.42. The molecule has 0 heterocycles. The van der Waals surface area contributed by atoms with E-state index in [9.17, 15) is 8.42 Å². The van der Waals surface area contributed by atoms with Crippen LogP contribution in [-0.4, -0.2) is 25.3 Å². The molecular formula is C16H24N2O2S. The summed E-state index contributed by atoms with van der Waals surface area (Å²) in [4.78, 5) is 0.258. The highest BCUT2D eigenvalue weighted by Crippen LogP contribution is 2.23. The molecular weight excluding hydrogens is 284 g/mol. The molecule has 0 N–H and O–H groups in total. The smallest absolute Gasteiger partial charge is 0.207 e. The van der Waals surface area contributed by atoms with E-state index in [0.29, 0.717) is 12.1 Å². The van der Waals surface area contributed by atoms with E-state index in [2.05, 4.69) is 0 Å². The first-order valence-corrected chi connectivity index (χ1v) is 8.82. The Morgan fingerprint density at radius 1 is 1.14 bits per heavy atom. The van der Waals surface area contributed by atoms with Crippen LogP contribution in [0.1, 0.15) is 46.1 Å². The molecule has 0 bridgehead atoms. The molecule has 0 aromatic heterocycles. The van der Waals surface area contributed by atoms with Crippen LogP contribution in [0.4, 0.5) is 0 Å². The highest BCUT2D eigenvalue weighted by atomic mass is 32.2. The minimum atomic E-state index is -3.52. The number of rotatable bonds is 7. The van der Waals surface area contributed by atoms with E-state index in [1.54, 1.807) is 16.4 Å². The molecule has 0 spiro atoms. The van der Waals surface area contributed by atoms with Crippen molar-refractivity contribution in [1.82, 2.24) is 4.31 Å². The van der Waals surface area contributed by atoms with Crippen LogP contribution < -0.4 is 0 Å². The summed E-state index contributed by atoms with van der Waals surface area (Å²) in [6.07, 6.45) is 1.58. The van der Waals surface area contributed by atoms with Gasteiger partial charge in [0, 0.05) is 12.6 Å². The van der Waals surface area contributed by atoms with Gasteiger partial charge in [0.05, 0.1) is 16.5 Å². The number of benzene rings is 1. The van der Waals surface area contributed by atoms with Crippen LogP contribution in [0.3, 0.4) is 0 Å². The molecule has 1 rings (SSSR count). The summed E-state index contributed by atoms with van der Waals surface area (Å²) in [6.45, 7) is 8.56. The van der Waals surface area contributed by atoms with Gasteiger partial charge in [-0.3, -0.25) is 0 Å². The third-order valence-electron chi connectivity index (χ3n) is 3.48. The Labute approximate surface area is 128 Å². The minimum absolute atomic E-state index is 0.00745. The number of nitriles is 1. The Morgan fingerprint density at radius 3 is 2.05 bits per heavy atom. The summed E-state index contributed by atoms with van der Waals surface area (Å²) in [5.41, 5.74) is 0.465. The predicted octanol–water partition coefficient (Wildman–Crippen LogP) is 3.39. The lowest BCUT2D eigenvalue weighted by atomic mass is 10.1. The molecule has 0 aliphatic rings. The van der Waals surface area contributed by atoms with Crippen molar-refractivity contribution in [2.75, 3.05) is 6.54 Å². The first kappa shape index (κ1) is 17.7. The average Bonchev–Trinajstić information content (AvgIpc) is 2.47. The Morgan fingerprint density at radius 2 is 1.67 bits per heavy atom. The highest BCUT2D eigenvalue weighted by Gasteiger charge is 2.30. The zero-order chi connectivity index (χ0) is 16.0. The summed E-state index contributed by atoms with van der Waals surface area (Å²) < 4.78 is 27.3. The summed E-state index contributed by atoms with van der Waals surface area (Å²) in [6, 6.07) is 8.14. The van der Waals surface area contributed by atoms with Gasteiger partial charge in [0.1, 0.15) is 0 Å². The van der Waals surface area contributed by atoms with Gasteiger partial charge in [-0.1, -0.05) is 27.7 Å². The van der Waals surface area contributed by atoms with Gasteiger partial charge in [-0.25, -0.2) is 8.42 Å². The van der Waals surface area contributed by atoms with Gasteiger partial charge >= 0.3 is 0 Å². The first-order chi connectivity index (χ1) is 9.86. The van der Waals surface area contributed by atoms with Gasteiger partial charge in [-0.2, -0.15) is 9.57 Å². The molecule has 0 radical (unpaired) electrons. The quantitative estimate of drug-likeness (QED) is 0.775. The fraction of sp³-hybridized carbons (Fsp3) is 0.562. The van der Waals surface area contributed by atoms with Gasteiger partial charge in [0.15, 0.2) is 0 Å². The number of hydrogen-bond donors (Lipinski definition) is 0. The lowest BCUT2D eigenvalue weighted by molar-refractivity contribution is 0.277. The van der Waals surface area contributed by atoms with E-state index in [-0.39, 0.29) is 16.9 Å². The molecule has 116 valence electrons. The lowest BCUT2D eigenvalue weighted by Crippen LogP contribution is -2.41. The molecule has 5 heteroatoms. The molecule has 1 aromatic carbocycles. The monoisotopic (exact) mass is 308 g/mol. The second kappa shape index (κ2) is 7.58. The van der Waals surface area contributed by atoms with Gasteiger partial charge in [-0.05, 0) is 43.0 Å². The fourth-order valence-electron chi connectivity index (χ4n) is 2.34. The van der Waals surface area contributed by atoms with E-state index in [1.807, 2.05) is 33.8 Å². The first-order valence-electron chi connectivity index (χ1n) is 7.38. The van der Waals surface area contributed by atoms with E-state index in [0.717, 1.165) is 12.8 Å². The van der Waals surface area contributed by atoms with Crippen LogP contribution in [0.2, 0.25) is 0 Å². The number of hydrogen-bond acceptors (Lipinski definition) is 3. The van der Waals surface area contributed by atoms with Crippen molar-refractivity contribution in [3.63, 3.8) is 0 Å². The van der Waals surface area contributed by atoms with E-state index < -0.39 is 10.0 Å². The Bertz CT molecular complexity index is 582. The Balaban J connectivity index is 3.22. The zero-order valence-electron chi connectivity index (χ0n) is 13.2. The summed E-state index contributed by atoms with van der Waals surface area (Å²) in [5, 5.41) is 8.81. The van der Waals surface area contributed by atoms with E-state index >= 15 is 0 Å². The van der Waals surface area contributed by atoms with Crippen LogP contribution in [0.25, 0.3) is 0 Å². The number of sulfonamides is 1. The normalized spacial score (nSPS) is 12.1. The maximum atomic E-state index is 12.9. The molecule has 0 fully saturated rings. The molecule has 0 amide bonds. The summed E-state index contributed by atoms with van der Waals surface area (Å²) in [7, 11) is -3.52. The van der Waals surface area contributed by atoms with Crippen molar-refractivity contribution >= 4 is 10.0 Å². The molecule has 0 saturated carbocycles. The Kier molecular flexibility index (Phi) is 6.38. The van der Waals surface area contributed by atoms with Gasteiger partial charge < -0.3 is 0 Å². The SMILES string of the molecule is CCC(CC)N(CC(C)C)S(=O)(=O)c1ccc(C#N)cc1. The predicted molar refractivity (Wildman–Crippen MR) is 84.3 cm³/mol. The van der Waals surface area contributed by atoms with Gasteiger partial charge in [-0.15, -0.1) is 0 Å². The molecule has 0 atom stereocenters. The third kappa shape index (κ3) is 4.29. The van der Waals surface area contributed by atoms with Crippen LogP contribution in [0.15, 0.2) is 29.2 Å². The Hall–Kier alpha value is -1.38. The second-order valence-corrected chi connectivity index (χ2v) is 7.47. The maximum absolute atomic E-state index is 12.9. The van der Waals surface area contributed by atoms with Crippen molar-refractivity contribution < 1.29 is 8.42 Å². The average molecular weight is 308 g/mol. The van der Waals surface area contributed by atoms with Crippen LogP contribution in [0, 0.1) is 17.2 Å². The van der Waals surface area contributed by atoms with Crippen molar-refractivity contribution in [3.8, 4) is 6.07 Å². The van der Waals surface area contributed by atoms with Crippen LogP contribution in [-0.2, 0) is 10.0 Å². The zero-order valence-corrected chi connectivity index (χ0v) is 14.0. The number of nitrogens with zero attached hydrogens (tertiary/aromatic N) is 2.